The summed E-state index contributed by atoms with van der Waals surface area (Å²) in [7, 11) is 0. The zero-order valence-corrected chi connectivity index (χ0v) is 17.8. The Kier molecular flexibility index (Phi) is 9.05. The quantitative estimate of drug-likeness (QED) is 0.379. The second-order valence-electron chi connectivity index (χ2n) is 7.91. The Labute approximate surface area is 176 Å². The van der Waals surface area contributed by atoms with Crippen LogP contribution in [0.25, 0.3) is 0 Å². The highest BCUT2D eigenvalue weighted by Gasteiger charge is 2.28. The van der Waals surface area contributed by atoms with E-state index in [4.69, 9.17) is 0 Å². The molecule has 0 aliphatic carbocycles. The normalized spacial score (nSPS) is 14.9. The van der Waals surface area contributed by atoms with Gasteiger partial charge in [-0.05, 0) is 24.1 Å². The monoisotopic (exact) mass is 392 g/mol. The molecule has 2 aromatic rings. The topological polar surface area (TPSA) is 30.9 Å². The molecule has 0 fully saturated rings. The summed E-state index contributed by atoms with van der Waals surface area (Å²) < 4.78 is 0. The van der Waals surface area contributed by atoms with Gasteiger partial charge in [0, 0.05) is 0 Å². The molecule has 1 unspecified atom stereocenters. The minimum absolute atomic E-state index is 0.253. The zero-order valence-electron chi connectivity index (χ0n) is 17.8. The number of unbranched alkanes of at least 4 members (excludes halogenated alkanes) is 8. The number of rotatable bonds is 13. The summed E-state index contributed by atoms with van der Waals surface area (Å²) in [4.78, 5) is 0. The first-order valence-electron chi connectivity index (χ1n) is 11.4. The van der Waals surface area contributed by atoms with E-state index in [1.54, 1.807) is 0 Å². The lowest BCUT2D eigenvalue weighted by atomic mass is 9.99. The maximum atomic E-state index is 4.34. The van der Waals surface area contributed by atoms with E-state index in [2.05, 4.69) is 82.3 Å². The van der Waals surface area contributed by atoms with Gasteiger partial charge in [-0.3, -0.25) is 0 Å². The van der Waals surface area contributed by atoms with Gasteiger partial charge >= 0.3 is 0 Å². The molecule has 1 N–H and O–H groups in total. The van der Waals surface area contributed by atoms with E-state index in [0.717, 1.165) is 12.1 Å². The lowest BCUT2D eigenvalue weighted by Crippen LogP contribution is -2.45. The van der Waals surface area contributed by atoms with E-state index in [9.17, 15) is 0 Å². The maximum absolute atomic E-state index is 4.34. The Hall–Kier alpha value is -2.33. The van der Waals surface area contributed by atoms with Crippen LogP contribution in [-0.2, 0) is 0 Å². The molecule has 0 aromatic heterocycles. The van der Waals surface area contributed by atoms with E-state index in [1.807, 2.05) is 12.4 Å². The lowest BCUT2D eigenvalue weighted by Gasteiger charge is -2.34. The molecular formula is C25H36N4. The Balaban J connectivity index is 1.54. The van der Waals surface area contributed by atoms with Crippen molar-refractivity contribution in [3.8, 4) is 0 Å². The molecule has 4 heteroatoms. The third-order valence-electron chi connectivity index (χ3n) is 5.64. The van der Waals surface area contributed by atoms with E-state index in [0.29, 0.717) is 0 Å². The van der Waals surface area contributed by atoms with Crippen molar-refractivity contribution < 1.29 is 0 Å². The van der Waals surface area contributed by atoms with Crippen LogP contribution in [0.15, 0.2) is 65.8 Å². The standard InChI is InChI=1S/C25H36N4/c1-2-3-4-5-6-7-8-9-16-21-25(23-17-12-10-13-18-23)29-27-26-22-28(29)24-19-14-11-15-20-24/h10-15,17-20,22,25,27H,2-9,16,21H2,1H3. The summed E-state index contributed by atoms with van der Waals surface area (Å²) in [5, 5.41) is 8.62. The number of hydrogen-bond acceptors (Lipinski definition) is 4. The predicted octanol–water partition coefficient (Wildman–Crippen LogP) is 6.83. The average Bonchev–Trinajstić information content (AvgIpc) is 3.26. The maximum Gasteiger partial charge on any atom is 0.133 e. The fourth-order valence-electron chi connectivity index (χ4n) is 3.99. The fourth-order valence-corrected chi connectivity index (χ4v) is 3.99. The van der Waals surface area contributed by atoms with Gasteiger partial charge < -0.3 is 0 Å². The van der Waals surface area contributed by atoms with Crippen LogP contribution in [0.4, 0.5) is 5.69 Å². The Morgan fingerprint density at radius 2 is 1.34 bits per heavy atom. The minimum Gasteiger partial charge on any atom is -0.242 e. The molecular weight excluding hydrogens is 356 g/mol. The third kappa shape index (κ3) is 6.60. The number of anilines is 1. The molecule has 1 aliphatic heterocycles. The number of benzene rings is 2. The van der Waals surface area contributed by atoms with Gasteiger partial charge in [0.15, 0.2) is 0 Å². The highest BCUT2D eigenvalue weighted by atomic mass is 15.9. The molecule has 0 bridgehead atoms. The SMILES string of the molecule is CCCCCCCCCCCC(c1ccccc1)N1NN=CN1c1ccccc1. The molecule has 0 saturated carbocycles. The molecule has 1 aliphatic rings. The first kappa shape index (κ1) is 21.4. The first-order chi connectivity index (χ1) is 14.4. The lowest BCUT2D eigenvalue weighted by molar-refractivity contribution is 0.139. The summed E-state index contributed by atoms with van der Waals surface area (Å²) in [5.41, 5.74) is 5.66. The van der Waals surface area contributed by atoms with Gasteiger partial charge in [-0.15, -0.1) is 5.12 Å². The van der Waals surface area contributed by atoms with Gasteiger partial charge in [-0.2, -0.15) is 5.10 Å². The van der Waals surface area contributed by atoms with Crippen molar-refractivity contribution in [3.63, 3.8) is 0 Å². The number of nitrogens with one attached hydrogen (secondary N) is 1. The van der Waals surface area contributed by atoms with E-state index in [1.165, 1.54) is 63.4 Å². The molecule has 29 heavy (non-hydrogen) atoms. The van der Waals surface area contributed by atoms with Crippen molar-refractivity contribution in [2.75, 3.05) is 5.01 Å². The zero-order chi connectivity index (χ0) is 20.2. The molecule has 0 spiro atoms. The van der Waals surface area contributed by atoms with E-state index in [-0.39, 0.29) is 6.04 Å². The summed E-state index contributed by atoms with van der Waals surface area (Å²) >= 11 is 0. The van der Waals surface area contributed by atoms with Crippen LogP contribution in [0, 0.1) is 0 Å². The number of hydrazine groups is 2. The number of nitrogens with zero attached hydrogens (tertiary/aromatic N) is 3. The van der Waals surface area contributed by atoms with E-state index >= 15 is 0 Å². The summed E-state index contributed by atoms with van der Waals surface area (Å²) in [6.45, 7) is 2.28. The van der Waals surface area contributed by atoms with Crippen molar-refractivity contribution in [2.45, 2.75) is 77.2 Å². The van der Waals surface area contributed by atoms with Crippen LogP contribution >= 0.6 is 0 Å². The third-order valence-corrected chi connectivity index (χ3v) is 5.64. The van der Waals surface area contributed by atoms with Crippen molar-refractivity contribution in [3.05, 3.63) is 66.2 Å². The molecule has 1 atom stereocenters. The molecule has 3 rings (SSSR count). The van der Waals surface area contributed by atoms with Crippen molar-refractivity contribution in [1.29, 1.82) is 0 Å². The van der Waals surface area contributed by atoms with E-state index < -0.39 is 0 Å². The summed E-state index contributed by atoms with van der Waals surface area (Å²) in [5.74, 6) is 0. The summed E-state index contributed by atoms with van der Waals surface area (Å²) in [6, 6.07) is 21.5. The Morgan fingerprint density at radius 1 is 0.759 bits per heavy atom. The van der Waals surface area contributed by atoms with Gasteiger partial charge in [0.1, 0.15) is 6.34 Å². The average molecular weight is 393 g/mol. The first-order valence-corrected chi connectivity index (χ1v) is 11.4. The van der Waals surface area contributed by atoms with Gasteiger partial charge in [-0.25, -0.2) is 10.5 Å². The molecule has 4 nitrogen and oxygen atoms in total. The van der Waals surface area contributed by atoms with Gasteiger partial charge in [0.25, 0.3) is 0 Å². The highest BCUT2D eigenvalue weighted by molar-refractivity contribution is 5.78. The number of hydrogen-bond donors (Lipinski definition) is 1. The highest BCUT2D eigenvalue weighted by Crippen LogP contribution is 2.30. The van der Waals surface area contributed by atoms with Crippen molar-refractivity contribution >= 4 is 12.0 Å². The Bertz CT molecular complexity index is 701. The van der Waals surface area contributed by atoms with Crippen LogP contribution in [-0.4, -0.2) is 11.5 Å². The van der Waals surface area contributed by atoms with Crippen LogP contribution in [0.3, 0.4) is 0 Å². The second-order valence-corrected chi connectivity index (χ2v) is 7.91. The molecule has 0 radical (unpaired) electrons. The predicted molar refractivity (Wildman–Crippen MR) is 123 cm³/mol. The summed E-state index contributed by atoms with van der Waals surface area (Å²) in [6.07, 6.45) is 15.2. The number of para-hydroxylation sites is 1. The molecule has 0 amide bonds. The van der Waals surface area contributed by atoms with Gasteiger partial charge in [-0.1, -0.05) is 113 Å². The fraction of sp³-hybridized carbons (Fsp3) is 0.480. The van der Waals surface area contributed by atoms with Crippen molar-refractivity contribution in [1.82, 2.24) is 10.7 Å². The van der Waals surface area contributed by atoms with Gasteiger partial charge in [0.05, 0.1) is 11.7 Å². The number of hydrazone groups is 1. The largest absolute Gasteiger partial charge is 0.242 e. The Morgan fingerprint density at radius 3 is 2.00 bits per heavy atom. The molecule has 156 valence electrons. The van der Waals surface area contributed by atoms with Crippen LogP contribution in [0.2, 0.25) is 0 Å². The second kappa shape index (κ2) is 12.3. The smallest absolute Gasteiger partial charge is 0.133 e. The molecule has 0 saturated heterocycles. The van der Waals surface area contributed by atoms with Gasteiger partial charge in [0.2, 0.25) is 0 Å². The minimum atomic E-state index is 0.253. The van der Waals surface area contributed by atoms with Crippen molar-refractivity contribution in [2.24, 2.45) is 5.10 Å². The molecule has 1 heterocycles. The van der Waals surface area contributed by atoms with Crippen LogP contribution in [0.5, 0.6) is 0 Å². The van der Waals surface area contributed by atoms with Crippen LogP contribution in [0.1, 0.15) is 82.7 Å². The van der Waals surface area contributed by atoms with Crippen LogP contribution < -0.4 is 10.5 Å². The molecule has 2 aromatic carbocycles.